The molecule has 0 spiro atoms. The largest absolute Gasteiger partial charge is 0.496 e. The summed E-state index contributed by atoms with van der Waals surface area (Å²) in [6.45, 7) is 2.21. The van der Waals surface area contributed by atoms with Crippen LogP contribution in [0.5, 0.6) is 17.2 Å². The smallest absolute Gasteiger partial charge is 0.270 e. The number of ether oxygens (including phenoxy) is 3. The molecule has 10 nitrogen and oxygen atoms in total. The Labute approximate surface area is 295 Å². The zero-order valence-electron chi connectivity index (χ0n) is 29.1. The second-order valence-corrected chi connectivity index (χ2v) is 12.5. The molecule has 0 amide bonds. The Morgan fingerprint density at radius 1 is 0.686 bits per heavy atom. The molecule has 5 aromatic rings. The summed E-state index contributed by atoms with van der Waals surface area (Å²) >= 11 is 0. The predicted octanol–water partition coefficient (Wildman–Crippen LogP) is 10.0. The summed E-state index contributed by atoms with van der Waals surface area (Å²) < 4.78 is 17.4. The minimum absolute atomic E-state index is 0.00230. The molecule has 0 atom stereocenters. The number of nitrogens with one attached hydrogen (secondary N) is 2. The van der Waals surface area contributed by atoms with E-state index >= 15 is 0 Å². The lowest BCUT2D eigenvalue weighted by molar-refractivity contribution is -0.384. The van der Waals surface area contributed by atoms with Crippen molar-refractivity contribution in [2.75, 3.05) is 21.3 Å². The van der Waals surface area contributed by atoms with Gasteiger partial charge >= 0.3 is 0 Å². The van der Waals surface area contributed by atoms with Crippen molar-refractivity contribution in [3.63, 3.8) is 0 Å². The number of H-pyrrole nitrogens is 2. The lowest BCUT2D eigenvalue weighted by Crippen LogP contribution is -1.97. The molecule has 7 rings (SSSR count). The molecule has 8 bridgehead atoms. The van der Waals surface area contributed by atoms with Crippen LogP contribution in [-0.4, -0.2) is 46.2 Å². The topological polar surface area (TPSA) is 128 Å². The first-order valence-corrected chi connectivity index (χ1v) is 17.1. The number of nitrogens with zero attached hydrogens (tertiary/aromatic N) is 3. The molecular formula is C41H39N5O5. The molecule has 10 heteroatoms. The van der Waals surface area contributed by atoms with Crippen molar-refractivity contribution in [1.29, 1.82) is 0 Å². The lowest BCUT2D eigenvalue weighted by Gasteiger charge is -2.16. The molecule has 0 saturated heterocycles. The van der Waals surface area contributed by atoms with Gasteiger partial charge in [0.05, 0.1) is 54.6 Å². The van der Waals surface area contributed by atoms with Gasteiger partial charge in [-0.1, -0.05) is 38.3 Å². The van der Waals surface area contributed by atoms with E-state index < -0.39 is 0 Å². The van der Waals surface area contributed by atoms with Crippen molar-refractivity contribution in [3.05, 3.63) is 105 Å². The molecule has 0 radical (unpaired) electrons. The van der Waals surface area contributed by atoms with Crippen LogP contribution < -0.4 is 14.2 Å². The Hall–Kier alpha value is -6.16. The third-order valence-corrected chi connectivity index (χ3v) is 9.28. The third-order valence-electron chi connectivity index (χ3n) is 9.28. The highest BCUT2D eigenvalue weighted by Gasteiger charge is 2.23. The van der Waals surface area contributed by atoms with E-state index in [2.05, 4.69) is 29.0 Å². The Bertz CT molecular complexity index is 2340. The number of methoxy groups -OCH3 is 3. The monoisotopic (exact) mass is 681 g/mol. The molecule has 3 aromatic heterocycles. The summed E-state index contributed by atoms with van der Waals surface area (Å²) in [5.41, 5.74) is 10.4. The van der Waals surface area contributed by atoms with Gasteiger partial charge in [-0.3, -0.25) is 10.1 Å². The number of aromatic amines is 2. The number of hydrogen-bond acceptors (Lipinski definition) is 7. The zero-order chi connectivity index (χ0) is 35.5. The molecule has 0 saturated carbocycles. The maximum absolute atomic E-state index is 11.9. The lowest BCUT2D eigenvalue weighted by atomic mass is 10.0. The van der Waals surface area contributed by atoms with Gasteiger partial charge in [-0.15, -0.1) is 0 Å². The first-order valence-electron chi connectivity index (χ1n) is 17.1. The highest BCUT2D eigenvalue weighted by Crippen LogP contribution is 2.45. The van der Waals surface area contributed by atoms with E-state index in [4.69, 9.17) is 24.2 Å². The fourth-order valence-corrected chi connectivity index (χ4v) is 6.78. The van der Waals surface area contributed by atoms with Gasteiger partial charge in [-0.2, -0.15) is 0 Å². The fraction of sp³-hybridized carbons (Fsp3) is 0.220. The molecule has 258 valence electrons. The molecule has 2 aliphatic rings. The summed E-state index contributed by atoms with van der Waals surface area (Å²) in [5.74, 6) is 1.67. The van der Waals surface area contributed by atoms with Crippen molar-refractivity contribution in [3.8, 4) is 39.5 Å². The molecule has 0 aliphatic carbocycles. The van der Waals surface area contributed by atoms with E-state index in [-0.39, 0.29) is 10.6 Å². The van der Waals surface area contributed by atoms with Gasteiger partial charge in [-0.25, -0.2) is 9.97 Å². The van der Waals surface area contributed by atoms with E-state index in [1.54, 1.807) is 33.5 Å². The minimum atomic E-state index is -0.377. The summed E-state index contributed by atoms with van der Waals surface area (Å²) in [5, 5.41) is 11.9. The maximum Gasteiger partial charge on any atom is 0.270 e. The highest BCUT2D eigenvalue weighted by molar-refractivity contribution is 5.98. The second-order valence-electron chi connectivity index (χ2n) is 12.5. The van der Waals surface area contributed by atoms with E-state index in [0.717, 1.165) is 75.8 Å². The number of rotatable bonds is 11. The fourth-order valence-electron chi connectivity index (χ4n) is 6.78. The van der Waals surface area contributed by atoms with Crippen LogP contribution in [0.15, 0.2) is 66.7 Å². The first-order chi connectivity index (χ1) is 24.9. The number of aryl methyl sites for hydroxylation is 1. The summed E-state index contributed by atoms with van der Waals surface area (Å²) in [6.07, 6.45) is 13.4. The standard InChI is InChI=1S/C41H39N5O5/c1-5-6-7-8-12-30-31-15-13-26(42-31)22-27-14-16-35(43-27)40(41-37(50-3)23-29(49-2)24-38(41)51-4)36-20-19-34(45-36)39(33-18-17-32(30)44-33)25-10-9-11-28(21-25)46(47)48/h9-11,13-24,43-44H,5-8,12H2,1-4H3. The average Bonchev–Trinajstić information content (AvgIpc) is 3.98. The van der Waals surface area contributed by atoms with Crippen LogP contribution in [0, 0.1) is 10.1 Å². The molecule has 0 unspecified atom stereocenters. The van der Waals surface area contributed by atoms with Gasteiger partial charge in [0.25, 0.3) is 5.69 Å². The van der Waals surface area contributed by atoms with Gasteiger partial charge in [0.15, 0.2) is 0 Å². The van der Waals surface area contributed by atoms with Crippen LogP contribution in [-0.2, 0) is 6.42 Å². The van der Waals surface area contributed by atoms with Crippen LogP contribution in [0.25, 0.3) is 68.6 Å². The molecule has 2 N–H and O–H groups in total. The first kappa shape index (κ1) is 33.3. The van der Waals surface area contributed by atoms with Gasteiger partial charge in [0.1, 0.15) is 17.2 Å². The SMILES string of the molecule is CCCCCCc1c2nc(cc3ccc([nH]3)c(-c3c(OC)cc(OC)cc3OC)c3nc(c(-c4cccc([N+](=O)[O-])c4)c4ccc1[nH]4)C=C3)C=C2. The van der Waals surface area contributed by atoms with Crippen molar-refractivity contribution in [1.82, 2.24) is 19.9 Å². The summed E-state index contributed by atoms with van der Waals surface area (Å²) in [6, 6.07) is 20.5. The normalized spacial score (nSPS) is 11.9. The second kappa shape index (κ2) is 14.4. The number of hydrogen-bond donors (Lipinski definition) is 2. The molecular weight excluding hydrogens is 642 g/mol. The number of fused-ring (bicyclic) bond motifs is 8. The van der Waals surface area contributed by atoms with E-state index in [0.29, 0.717) is 39.8 Å². The quantitative estimate of drug-likeness (QED) is 0.0790. The van der Waals surface area contributed by atoms with Gasteiger partial charge in [0.2, 0.25) is 0 Å². The molecule has 5 heterocycles. The number of non-ortho nitro benzene ring substituents is 1. The minimum Gasteiger partial charge on any atom is -0.496 e. The highest BCUT2D eigenvalue weighted by atomic mass is 16.6. The number of aromatic nitrogens is 4. The number of benzene rings is 2. The van der Waals surface area contributed by atoms with E-state index in [1.807, 2.05) is 60.7 Å². The van der Waals surface area contributed by atoms with Crippen LogP contribution >= 0.6 is 0 Å². The van der Waals surface area contributed by atoms with Crippen molar-refractivity contribution >= 4 is 52.1 Å². The van der Waals surface area contributed by atoms with Crippen LogP contribution in [0.1, 0.15) is 60.9 Å². The maximum atomic E-state index is 11.9. The predicted molar refractivity (Wildman–Crippen MR) is 204 cm³/mol. The molecule has 2 aromatic carbocycles. The van der Waals surface area contributed by atoms with Gasteiger partial charge in [0, 0.05) is 63.0 Å². The molecule has 0 fully saturated rings. The van der Waals surface area contributed by atoms with Crippen LogP contribution in [0.2, 0.25) is 0 Å². The van der Waals surface area contributed by atoms with Crippen molar-refractivity contribution < 1.29 is 19.1 Å². The third kappa shape index (κ3) is 6.60. The molecule has 2 aliphatic heterocycles. The van der Waals surface area contributed by atoms with E-state index in [1.165, 1.54) is 12.5 Å². The number of nitro groups is 1. The van der Waals surface area contributed by atoms with E-state index in [9.17, 15) is 10.1 Å². The Morgan fingerprint density at radius 2 is 1.39 bits per heavy atom. The van der Waals surface area contributed by atoms with Crippen LogP contribution in [0.3, 0.4) is 0 Å². The Kier molecular flexibility index (Phi) is 9.39. The van der Waals surface area contributed by atoms with Crippen LogP contribution in [0.4, 0.5) is 5.69 Å². The van der Waals surface area contributed by atoms with Gasteiger partial charge in [-0.05, 0) is 73.0 Å². The number of nitro benzene ring substituents is 1. The zero-order valence-corrected chi connectivity index (χ0v) is 29.1. The molecule has 51 heavy (non-hydrogen) atoms. The Balaban J connectivity index is 1.61. The summed E-state index contributed by atoms with van der Waals surface area (Å²) in [4.78, 5) is 29.1. The van der Waals surface area contributed by atoms with Crippen molar-refractivity contribution in [2.24, 2.45) is 0 Å². The van der Waals surface area contributed by atoms with Gasteiger partial charge < -0.3 is 24.2 Å². The van der Waals surface area contributed by atoms with Crippen molar-refractivity contribution in [2.45, 2.75) is 39.0 Å². The summed E-state index contributed by atoms with van der Waals surface area (Å²) in [7, 11) is 4.81. The number of unbranched alkanes of at least 4 members (excludes halogenated alkanes) is 3. The Morgan fingerprint density at radius 3 is 2.12 bits per heavy atom. The average molecular weight is 682 g/mol.